The average molecular weight is 326 g/mol. The van der Waals surface area contributed by atoms with Crippen LogP contribution < -0.4 is 10.6 Å². The summed E-state index contributed by atoms with van der Waals surface area (Å²) < 4.78 is 5.32. The lowest BCUT2D eigenvalue weighted by molar-refractivity contribution is 0.0492. The summed E-state index contributed by atoms with van der Waals surface area (Å²) in [6, 6.07) is 0.478. The first-order valence-electron chi connectivity index (χ1n) is 7.94. The highest BCUT2D eigenvalue weighted by molar-refractivity contribution is 7.15. The first-order chi connectivity index (χ1) is 10.4. The van der Waals surface area contributed by atoms with Crippen molar-refractivity contribution < 1.29 is 9.53 Å². The van der Waals surface area contributed by atoms with E-state index < -0.39 is 5.60 Å². The van der Waals surface area contributed by atoms with Gasteiger partial charge in [-0.25, -0.2) is 4.79 Å². The Kier molecular flexibility index (Phi) is 5.61. The smallest absolute Gasteiger partial charge is 0.407 e. The Morgan fingerprint density at radius 1 is 1.32 bits per heavy atom. The molecule has 1 fully saturated rings. The number of hydrogen-bond donors (Lipinski definition) is 2. The number of aromatic nitrogens is 2. The van der Waals surface area contributed by atoms with Gasteiger partial charge in [0.1, 0.15) is 10.6 Å². The molecule has 2 N–H and O–H groups in total. The molecule has 6 nitrogen and oxygen atoms in total. The number of aryl methyl sites for hydroxylation is 1. The second-order valence-electron chi connectivity index (χ2n) is 6.71. The molecule has 2 atom stereocenters. The highest BCUT2D eigenvalue weighted by atomic mass is 32.1. The van der Waals surface area contributed by atoms with E-state index in [1.54, 1.807) is 11.3 Å². The molecule has 0 aromatic carbocycles. The van der Waals surface area contributed by atoms with Crippen LogP contribution in [0.4, 0.5) is 9.93 Å². The van der Waals surface area contributed by atoms with E-state index in [1.807, 2.05) is 20.8 Å². The first kappa shape index (κ1) is 17.0. The van der Waals surface area contributed by atoms with Gasteiger partial charge in [0, 0.05) is 12.1 Å². The predicted octanol–water partition coefficient (Wildman–Crippen LogP) is 3.35. The van der Waals surface area contributed by atoms with Crippen molar-refractivity contribution in [3.63, 3.8) is 0 Å². The number of ether oxygens (including phenoxy) is 1. The number of alkyl carbamates (subject to hydrolysis) is 1. The maximum absolute atomic E-state index is 11.9. The molecule has 0 spiro atoms. The Hall–Kier alpha value is -1.37. The summed E-state index contributed by atoms with van der Waals surface area (Å²) >= 11 is 1.60. The molecule has 1 aliphatic carbocycles. The highest BCUT2D eigenvalue weighted by Gasteiger charge is 2.26. The lowest BCUT2D eigenvalue weighted by Gasteiger charge is -2.30. The van der Waals surface area contributed by atoms with E-state index in [4.69, 9.17) is 4.74 Å². The zero-order chi connectivity index (χ0) is 16.2. The van der Waals surface area contributed by atoms with E-state index in [9.17, 15) is 4.79 Å². The molecule has 7 heteroatoms. The van der Waals surface area contributed by atoms with E-state index in [1.165, 1.54) is 0 Å². The van der Waals surface area contributed by atoms with Gasteiger partial charge in [-0.15, -0.1) is 10.2 Å². The third kappa shape index (κ3) is 5.44. The fourth-order valence-electron chi connectivity index (χ4n) is 2.56. The van der Waals surface area contributed by atoms with E-state index in [-0.39, 0.29) is 12.1 Å². The summed E-state index contributed by atoms with van der Waals surface area (Å²) in [5.74, 6) is 0. The van der Waals surface area contributed by atoms with Crippen LogP contribution in [0.3, 0.4) is 0 Å². The lowest BCUT2D eigenvalue weighted by atomic mass is 9.91. The zero-order valence-corrected chi connectivity index (χ0v) is 14.6. The van der Waals surface area contributed by atoms with Gasteiger partial charge in [-0.2, -0.15) is 0 Å². The minimum Gasteiger partial charge on any atom is -0.444 e. The molecule has 1 aromatic rings. The second-order valence-corrected chi connectivity index (χ2v) is 7.77. The molecule has 0 aliphatic heterocycles. The van der Waals surface area contributed by atoms with Crippen molar-refractivity contribution in [3.8, 4) is 0 Å². The molecule has 1 aromatic heterocycles. The summed E-state index contributed by atoms with van der Waals surface area (Å²) in [5.41, 5.74) is -0.459. The van der Waals surface area contributed by atoms with E-state index >= 15 is 0 Å². The van der Waals surface area contributed by atoms with Crippen molar-refractivity contribution in [2.75, 3.05) is 5.32 Å². The van der Waals surface area contributed by atoms with Crippen molar-refractivity contribution in [1.29, 1.82) is 0 Å². The van der Waals surface area contributed by atoms with E-state index in [2.05, 4.69) is 27.8 Å². The summed E-state index contributed by atoms with van der Waals surface area (Å²) in [6.07, 6.45) is 4.63. The molecule has 1 saturated carbocycles. The van der Waals surface area contributed by atoms with Crippen molar-refractivity contribution in [3.05, 3.63) is 5.01 Å². The van der Waals surface area contributed by atoms with Crippen molar-refractivity contribution >= 4 is 22.6 Å². The summed E-state index contributed by atoms with van der Waals surface area (Å²) in [6.45, 7) is 7.70. The molecule has 1 heterocycles. The predicted molar refractivity (Wildman–Crippen MR) is 88.3 cm³/mol. The molecule has 0 bridgehead atoms. The van der Waals surface area contributed by atoms with E-state index in [0.29, 0.717) is 6.04 Å². The summed E-state index contributed by atoms with van der Waals surface area (Å²) in [7, 11) is 0. The second kappa shape index (κ2) is 7.26. The third-order valence-corrected chi connectivity index (χ3v) is 4.49. The Balaban J connectivity index is 1.82. The molecule has 1 amide bonds. The Bertz CT molecular complexity index is 498. The Labute approximate surface area is 136 Å². The van der Waals surface area contributed by atoms with Crippen molar-refractivity contribution in [1.82, 2.24) is 15.5 Å². The maximum Gasteiger partial charge on any atom is 0.407 e. The standard InChI is InChI=1S/C15H26N4O2S/c1-5-12-18-19-13(22-12)16-10-7-6-8-11(9-10)17-14(20)21-15(2,3)4/h10-11H,5-9H2,1-4H3,(H,16,19)(H,17,20). The van der Waals surface area contributed by atoms with Gasteiger partial charge in [0.15, 0.2) is 0 Å². The number of hydrogen-bond acceptors (Lipinski definition) is 6. The van der Waals surface area contributed by atoms with Crippen LogP contribution in [0.25, 0.3) is 0 Å². The average Bonchev–Trinajstić information content (AvgIpc) is 2.84. The van der Waals surface area contributed by atoms with Crippen LogP contribution in [0.2, 0.25) is 0 Å². The van der Waals surface area contributed by atoms with Crippen LogP contribution in [0, 0.1) is 0 Å². The molecule has 2 unspecified atom stereocenters. The number of rotatable bonds is 4. The maximum atomic E-state index is 11.9. The topological polar surface area (TPSA) is 76.1 Å². The Morgan fingerprint density at radius 3 is 2.68 bits per heavy atom. The van der Waals surface area contributed by atoms with Crippen LogP contribution in [0.15, 0.2) is 0 Å². The van der Waals surface area contributed by atoms with Gasteiger partial charge in [-0.3, -0.25) is 0 Å². The lowest BCUT2D eigenvalue weighted by Crippen LogP contribution is -2.43. The quantitative estimate of drug-likeness (QED) is 0.887. The van der Waals surface area contributed by atoms with Gasteiger partial charge in [0.2, 0.25) is 5.13 Å². The number of nitrogens with zero attached hydrogens (tertiary/aromatic N) is 2. The Morgan fingerprint density at radius 2 is 2.05 bits per heavy atom. The van der Waals surface area contributed by atoms with Crippen LogP contribution in [0.5, 0.6) is 0 Å². The molecule has 0 saturated heterocycles. The molecule has 0 radical (unpaired) electrons. The van der Waals surface area contributed by atoms with Crippen molar-refractivity contribution in [2.45, 2.75) is 77.5 Å². The molecular formula is C15H26N4O2S. The molecule has 22 heavy (non-hydrogen) atoms. The summed E-state index contributed by atoms with van der Waals surface area (Å²) in [5, 5.41) is 16.6. The molecular weight excluding hydrogens is 300 g/mol. The van der Waals surface area contributed by atoms with Gasteiger partial charge in [-0.05, 0) is 52.9 Å². The first-order valence-corrected chi connectivity index (χ1v) is 8.76. The highest BCUT2D eigenvalue weighted by Crippen LogP contribution is 2.24. The van der Waals surface area contributed by atoms with Crippen LogP contribution in [-0.2, 0) is 11.2 Å². The minimum atomic E-state index is -0.459. The third-order valence-electron chi connectivity index (χ3n) is 3.49. The van der Waals surface area contributed by atoms with Crippen molar-refractivity contribution in [2.24, 2.45) is 0 Å². The normalized spacial score (nSPS) is 22.2. The molecule has 1 aliphatic rings. The SMILES string of the molecule is CCc1nnc(NC2CCCC(NC(=O)OC(C)(C)C)C2)s1. The molecule has 2 rings (SSSR count). The van der Waals surface area contributed by atoms with Gasteiger partial charge in [0.25, 0.3) is 0 Å². The van der Waals surface area contributed by atoms with Gasteiger partial charge >= 0.3 is 6.09 Å². The number of carbonyl (C=O) groups is 1. The number of nitrogens with one attached hydrogen (secondary N) is 2. The summed E-state index contributed by atoms with van der Waals surface area (Å²) in [4.78, 5) is 11.9. The monoisotopic (exact) mass is 326 g/mol. The fraction of sp³-hybridized carbons (Fsp3) is 0.800. The fourth-order valence-corrected chi connectivity index (χ4v) is 3.31. The number of carbonyl (C=O) groups excluding carboxylic acids is 1. The van der Waals surface area contributed by atoms with Gasteiger partial charge in [0.05, 0.1) is 0 Å². The number of anilines is 1. The molecule has 124 valence electrons. The van der Waals surface area contributed by atoms with Crippen LogP contribution in [0.1, 0.15) is 58.4 Å². The van der Waals surface area contributed by atoms with E-state index in [0.717, 1.165) is 42.2 Å². The minimum absolute atomic E-state index is 0.152. The van der Waals surface area contributed by atoms with Gasteiger partial charge < -0.3 is 15.4 Å². The largest absolute Gasteiger partial charge is 0.444 e. The van der Waals surface area contributed by atoms with Crippen LogP contribution >= 0.6 is 11.3 Å². The van der Waals surface area contributed by atoms with Gasteiger partial charge in [-0.1, -0.05) is 18.3 Å². The zero-order valence-electron chi connectivity index (χ0n) is 13.8. The number of amides is 1. The van der Waals surface area contributed by atoms with Crippen LogP contribution in [-0.4, -0.2) is 34.0 Å².